The highest BCUT2D eigenvalue weighted by molar-refractivity contribution is 7.89. The van der Waals surface area contributed by atoms with Crippen LogP contribution in [-0.4, -0.2) is 23.6 Å². The van der Waals surface area contributed by atoms with Gasteiger partial charge in [-0.3, -0.25) is 5.10 Å². The lowest BCUT2D eigenvalue weighted by atomic mass is 10.2. The van der Waals surface area contributed by atoms with Crippen molar-refractivity contribution < 1.29 is 12.8 Å². The molecule has 2 aromatic rings. The fraction of sp³-hybridized carbons (Fsp3) is 0.200. The Bertz CT molecular complexity index is 640. The molecule has 0 fully saturated rings. The lowest BCUT2D eigenvalue weighted by Gasteiger charge is -2.07. The number of halogens is 1. The number of nitrogens with one attached hydrogen (secondary N) is 2. The van der Waals surface area contributed by atoms with Gasteiger partial charge in [0.25, 0.3) is 0 Å². The number of aromatic nitrogens is 3. The lowest BCUT2D eigenvalue weighted by molar-refractivity contribution is 0.555. The van der Waals surface area contributed by atoms with E-state index in [0.717, 1.165) is 6.07 Å². The number of nitrogens with zero attached hydrogens (tertiary/aromatic N) is 2. The maximum Gasteiger partial charge on any atom is 0.243 e. The van der Waals surface area contributed by atoms with E-state index in [1.165, 1.54) is 18.5 Å². The maximum atomic E-state index is 13.5. The Morgan fingerprint density at radius 2 is 2.22 bits per heavy atom. The highest BCUT2D eigenvalue weighted by Crippen LogP contribution is 2.15. The fourth-order valence-corrected chi connectivity index (χ4v) is 2.52. The van der Waals surface area contributed by atoms with Gasteiger partial charge in [-0.05, 0) is 24.6 Å². The molecule has 96 valence electrons. The summed E-state index contributed by atoms with van der Waals surface area (Å²) in [6.07, 6.45) is 1.26. The second kappa shape index (κ2) is 4.83. The Labute approximate surface area is 103 Å². The SMILES string of the molecule is Cc1ccc(F)c(S(=O)(=O)NCc2ncn[nH]2)c1. The summed E-state index contributed by atoms with van der Waals surface area (Å²) in [5.74, 6) is -0.433. The van der Waals surface area contributed by atoms with E-state index in [9.17, 15) is 12.8 Å². The molecule has 0 saturated carbocycles. The van der Waals surface area contributed by atoms with Gasteiger partial charge >= 0.3 is 0 Å². The van der Waals surface area contributed by atoms with Crippen molar-refractivity contribution in [3.63, 3.8) is 0 Å². The quantitative estimate of drug-likeness (QED) is 0.857. The molecule has 2 N–H and O–H groups in total. The standard InChI is InChI=1S/C10H11FN4O2S/c1-7-2-3-8(11)9(4-7)18(16,17)14-5-10-12-6-13-15-10/h2-4,6,14H,5H2,1H3,(H,12,13,15). The topological polar surface area (TPSA) is 87.7 Å². The van der Waals surface area contributed by atoms with E-state index in [4.69, 9.17) is 0 Å². The molecule has 0 bridgehead atoms. The van der Waals surface area contributed by atoms with E-state index in [-0.39, 0.29) is 11.4 Å². The summed E-state index contributed by atoms with van der Waals surface area (Å²) in [6, 6.07) is 3.90. The van der Waals surface area contributed by atoms with Crippen LogP contribution >= 0.6 is 0 Å². The number of aryl methyl sites for hydroxylation is 1. The first kappa shape index (κ1) is 12.7. The van der Waals surface area contributed by atoms with E-state index >= 15 is 0 Å². The number of aromatic amines is 1. The van der Waals surface area contributed by atoms with E-state index in [2.05, 4.69) is 19.9 Å². The van der Waals surface area contributed by atoms with Crippen LogP contribution in [0.1, 0.15) is 11.4 Å². The first-order valence-electron chi connectivity index (χ1n) is 5.09. The molecule has 0 radical (unpaired) electrons. The zero-order valence-corrected chi connectivity index (χ0v) is 10.3. The molecule has 0 spiro atoms. The van der Waals surface area contributed by atoms with Crippen LogP contribution in [0.2, 0.25) is 0 Å². The Morgan fingerprint density at radius 3 is 2.89 bits per heavy atom. The van der Waals surface area contributed by atoms with Crippen molar-refractivity contribution in [2.24, 2.45) is 0 Å². The second-order valence-corrected chi connectivity index (χ2v) is 5.43. The summed E-state index contributed by atoms with van der Waals surface area (Å²) in [7, 11) is -3.90. The molecule has 0 atom stereocenters. The van der Waals surface area contributed by atoms with Crippen molar-refractivity contribution >= 4 is 10.0 Å². The van der Waals surface area contributed by atoms with Crippen molar-refractivity contribution in [1.29, 1.82) is 0 Å². The minimum absolute atomic E-state index is 0.0737. The van der Waals surface area contributed by atoms with Gasteiger partial charge in [0, 0.05) is 0 Å². The van der Waals surface area contributed by atoms with E-state index < -0.39 is 15.8 Å². The predicted octanol–water partition coefficient (Wildman–Crippen LogP) is 0.731. The van der Waals surface area contributed by atoms with Crippen LogP contribution in [-0.2, 0) is 16.6 Å². The molecule has 0 aliphatic rings. The van der Waals surface area contributed by atoms with Gasteiger partial charge in [0.05, 0.1) is 6.54 Å². The van der Waals surface area contributed by atoms with Crippen molar-refractivity contribution in [2.45, 2.75) is 18.4 Å². The minimum Gasteiger partial charge on any atom is -0.262 e. The van der Waals surface area contributed by atoms with Crippen LogP contribution in [0, 0.1) is 12.7 Å². The van der Waals surface area contributed by atoms with Gasteiger partial charge in [0.2, 0.25) is 10.0 Å². The van der Waals surface area contributed by atoms with Gasteiger partial charge in [0.15, 0.2) is 0 Å². The van der Waals surface area contributed by atoms with Crippen molar-refractivity contribution in [3.8, 4) is 0 Å². The van der Waals surface area contributed by atoms with Crippen LogP contribution < -0.4 is 4.72 Å². The van der Waals surface area contributed by atoms with Crippen LogP contribution in [0.4, 0.5) is 4.39 Å². The molecule has 0 unspecified atom stereocenters. The molecule has 0 amide bonds. The van der Waals surface area contributed by atoms with Gasteiger partial charge in [-0.1, -0.05) is 6.07 Å². The van der Waals surface area contributed by atoms with Crippen molar-refractivity contribution in [1.82, 2.24) is 19.9 Å². The Hall–Kier alpha value is -1.80. The average molecular weight is 270 g/mol. The van der Waals surface area contributed by atoms with Gasteiger partial charge in [0.1, 0.15) is 22.9 Å². The Morgan fingerprint density at radius 1 is 1.44 bits per heavy atom. The largest absolute Gasteiger partial charge is 0.262 e. The fourth-order valence-electron chi connectivity index (χ4n) is 1.37. The summed E-state index contributed by atoms with van der Waals surface area (Å²) >= 11 is 0. The van der Waals surface area contributed by atoms with E-state index in [0.29, 0.717) is 11.4 Å². The minimum atomic E-state index is -3.90. The molecule has 0 aliphatic heterocycles. The zero-order valence-electron chi connectivity index (χ0n) is 9.51. The Balaban J connectivity index is 2.22. The van der Waals surface area contributed by atoms with E-state index in [1.807, 2.05) is 0 Å². The molecule has 18 heavy (non-hydrogen) atoms. The van der Waals surface area contributed by atoms with Crippen LogP contribution in [0.3, 0.4) is 0 Å². The van der Waals surface area contributed by atoms with Gasteiger partial charge in [-0.2, -0.15) is 5.10 Å². The summed E-state index contributed by atoms with van der Waals surface area (Å²) in [6.45, 7) is 1.62. The molecular formula is C10H11FN4O2S. The molecule has 6 nitrogen and oxygen atoms in total. The summed E-state index contributed by atoms with van der Waals surface area (Å²) < 4.78 is 39.5. The normalized spacial score (nSPS) is 11.7. The molecular weight excluding hydrogens is 259 g/mol. The first-order chi connectivity index (χ1) is 8.49. The Kier molecular flexibility index (Phi) is 3.39. The third kappa shape index (κ3) is 2.71. The molecule has 8 heteroatoms. The van der Waals surface area contributed by atoms with Crippen LogP contribution in [0.25, 0.3) is 0 Å². The average Bonchev–Trinajstić information content (AvgIpc) is 2.83. The van der Waals surface area contributed by atoms with Crippen LogP contribution in [0.5, 0.6) is 0 Å². The van der Waals surface area contributed by atoms with Gasteiger partial charge in [-0.15, -0.1) is 0 Å². The molecule has 2 rings (SSSR count). The zero-order chi connectivity index (χ0) is 13.2. The highest BCUT2D eigenvalue weighted by atomic mass is 32.2. The number of hydrogen-bond acceptors (Lipinski definition) is 4. The lowest BCUT2D eigenvalue weighted by Crippen LogP contribution is -2.24. The van der Waals surface area contributed by atoms with E-state index in [1.54, 1.807) is 6.92 Å². The van der Waals surface area contributed by atoms with Crippen molar-refractivity contribution in [3.05, 3.63) is 41.7 Å². The third-order valence-electron chi connectivity index (χ3n) is 2.27. The number of sulfonamides is 1. The molecule has 1 aromatic heterocycles. The third-order valence-corrected chi connectivity index (χ3v) is 3.69. The number of H-pyrrole nitrogens is 1. The maximum absolute atomic E-state index is 13.5. The second-order valence-electron chi connectivity index (χ2n) is 3.69. The van der Waals surface area contributed by atoms with Crippen molar-refractivity contribution in [2.75, 3.05) is 0 Å². The highest BCUT2D eigenvalue weighted by Gasteiger charge is 2.19. The smallest absolute Gasteiger partial charge is 0.243 e. The first-order valence-corrected chi connectivity index (χ1v) is 6.57. The molecule has 0 saturated heterocycles. The molecule has 1 heterocycles. The summed E-state index contributed by atoms with van der Waals surface area (Å²) in [5.41, 5.74) is 0.663. The predicted molar refractivity (Wildman–Crippen MR) is 61.5 cm³/mol. The number of benzene rings is 1. The molecule has 1 aromatic carbocycles. The molecule has 0 aliphatic carbocycles. The monoisotopic (exact) mass is 270 g/mol. The summed E-state index contributed by atoms with van der Waals surface area (Å²) in [4.78, 5) is 3.39. The van der Waals surface area contributed by atoms with Gasteiger partial charge < -0.3 is 0 Å². The summed E-state index contributed by atoms with van der Waals surface area (Å²) in [5, 5.41) is 6.09. The number of rotatable bonds is 4. The van der Waals surface area contributed by atoms with Gasteiger partial charge in [-0.25, -0.2) is 22.5 Å². The number of hydrogen-bond donors (Lipinski definition) is 2. The van der Waals surface area contributed by atoms with Crippen LogP contribution in [0.15, 0.2) is 29.4 Å².